The number of carbonyl (C=O) groups excluding carboxylic acids is 2. The zero-order valence-corrected chi connectivity index (χ0v) is 16.6. The standard InChI is InChI=1S/C22H25NO5/c1-14(2)13-23-17-8-6-5-7-16(17)22(26,21(23)25)12-18(24)15-9-10-19(27-3)20(11-15)28-4/h5-11,14,26H,12-13H2,1-4H3/t22-/m1/s1. The highest BCUT2D eigenvalue weighted by Crippen LogP contribution is 2.43. The summed E-state index contributed by atoms with van der Waals surface area (Å²) in [5.74, 6) is 0.332. The van der Waals surface area contributed by atoms with Crippen LogP contribution in [-0.2, 0) is 10.4 Å². The van der Waals surface area contributed by atoms with Crippen LogP contribution in [-0.4, -0.2) is 37.6 Å². The Hall–Kier alpha value is -2.86. The average Bonchev–Trinajstić information content (AvgIpc) is 2.89. The fraction of sp³-hybridized carbons (Fsp3) is 0.364. The van der Waals surface area contributed by atoms with Crippen molar-refractivity contribution >= 4 is 17.4 Å². The molecule has 2 aromatic carbocycles. The number of para-hydroxylation sites is 1. The van der Waals surface area contributed by atoms with Crippen molar-refractivity contribution in [2.75, 3.05) is 25.7 Å². The molecule has 28 heavy (non-hydrogen) atoms. The highest BCUT2D eigenvalue weighted by Gasteiger charge is 2.50. The van der Waals surface area contributed by atoms with Crippen molar-refractivity contribution in [1.82, 2.24) is 0 Å². The van der Waals surface area contributed by atoms with E-state index in [-0.39, 0.29) is 18.1 Å². The molecule has 0 aliphatic carbocycles. The van der Waals surface area contributed by atoms with E-state index in [0.29, 0.717) is 34.9 Å². The molecule has 0 bridgehead atoms. The quantitative estimate of drug-likeness (QED) is 0.743. The predicted molar refractivity (Wildman–Crippen MR) is 106 cm³/mol. The van der Waals surface area contributed by atoms with Gasteiger partial charge in [-0.05, 0) is 30.2 Å². The van der Waals surface area contributed by atoms with Gasteiger partial charge in [0.05, 0.1) is 26.3 Å². The lowest BCUT2D eigenvalue weighted by molar-refractivity contribution is -0.136. The van der Waals surface area contributed by atoms with Crippen LogP contribution in [0.5, 0.6) is 11.5 Å². The number of Topliss-reactive ketones (excluding diaryl/α,β-unsaturated/α-hetero) is 1. The molecule has 1 atom stereocenters. The van der Waals surface area contributed by atoms with E-state index in [4.69, 9.17) is 9.47 Å². The van der Waals surface area contributed by atoms with Gasteiger partial charge in [-0.3, -0.25) is 9.59 Å². The summed E-state index contributed by atoms with van der Waals surface area (Å²) in [5.41, 5.74) is -0.410. The summed E-state index contributed by atoms with van der Waals surface area (Å²) in [4.78, 5) is 27.6. The molecule has 0 fully saturated rings. The summed E-state index contributed by atoms with van der Waals surface area (Å²) in [5, 5.41) is 11.3. The molecule has 148 valence electrons. The molecular weight excluding hydrogens is 358 g/mol. The minimum atomic E-state index is -1.88. The molecule has 0 unspecified atom stereocenters. The molecule has 0 radical (unpaired) electrons. The number of nitrogens with zero attached hydrogens (tertiary/aromatic N) is 1. The fourth-order valence-corrected chi connectivity index (χ4v) is 3.57. The van der Waals surface area contributed by atoms with Crippen LogP contribution < -0.4 is 14.4 Å². The average molecular weight is 383 g/mol. The van der Waals surface area contributed by atoms with Crippen LogP contribution in [0.3, 0.4) is 0 Å². The van der Waals surface area contributed by atoms with Crippen LogP contribution in [0.15, 0.2) is 42.5 Å². The highest BCUT2D eigenvalue weighted by molar-refractivity contribution is 6.10. The molecule has 6 heteroatoms. The number of hydrogen-bond donors (Lipinski definition) is 1. The maximum atomic E-state index is 13.1. The molecule has 6 nitrogen and oxygen atoms in total. The van der Waals surface area contributed by atoms with Crippen LogP contribution in [0.4, 0.5) is 5.69 Å². The van der Waals surface area contributed by atoms with Gasteiger partial charge in [0.25, 0.3) is 5.91 Å². The first-order chi connectivity index (χ1) is 13.3. The van der Waals surface area contributed by atoms with Gasteiger partial charge in [-0.2, -0.15) is 0 Å². The van der Waals surface area contributed by atoms with E-state index in [1.807, 2.05) is 19.9 Å². The van der Waals surface area contributed by atoms with E-state index in [0.717, 1.165) is 0 Å². The number of carbonyl (C=O) groups is 2. The first-order valence-electron chi connectivity index (χ1n) is 9.21. The molecule has 1 aliphatic rings. The zero-order chi connectivity index (χ0) is 20.5. The van der Waals surface area contributed by atoms with Gasteiger partial charge in [0.2, 0.25) is 0 Å². The third-order valence-electron chi connectivity index (χ3n) is 4.91. The smallest absolute Gasteiger partial charge is 0.264 e. The summed E-state index contributed by atoms with van der Waals surface area (Å²) >= 11 is 0. The van der Waals surface area contributed by atoms with Crippen LogP contribution in [0.1, 0.15) is 36.2 Å². The second-order valence-corrected chi connectivity index (χ2v) is 7.36. The topological polar surface area (TPSA) is 76.1 Å². The number of hydrogen-bond acceptors (Lipinski definition) is 5. The molecule has 3 rings (SSSR count). The molecular formula is C22H25NO5. The highest BCUT2D eigenvalue weighted by atomic mass is 16.5. The molecule has 1 aliphatic heterocycles. The van der Waals surface area contributed by atoms with Gasteiger partial charge in [-0.1, -0.05) is 32.0 Å². The minimum Gasteiger partial charge on any atom is -0.493 e. The Kier molecular flexibility index (Phi) is 5.42. The van der Waals surface area contributed by atoms with Gasteiger partial charge in [0.1, 0.15) is 0 Å². The molecule has 0 saturated carbocycles. The monoisotopic (exact) mass is 383 g/mol. The van der Waals surface area contributed by atoms with Gasteiger partial charge in [-0.25, -0.2) is 0 Å². The van der Waals surface area contributed by atoms with Gasteiger partial charge >= 0.3 is 0 Å². The lowest BCUT2D eigenvalue weighted by Crippen LogP contribution is -2.43. The number of rotatable bonds is 7. The first kappa shape index (κ1) is 19.9. The van der Waals surface area contributed by atoms with E-state index in [1.165, 1.54) is 14.2 Å². The Morgan fingerprint density at radius 1 is 1.11 bits per heavy atom. The third kappa shape index (κ3) is 3.36. The predicted octanol–water partition coefficient (Wildman–Crippen LogP) is 3.17. The van der Waals surface area contributed by atoms with Crippen molar-refractivity contribution in [2.24, 2.45) is 5.92 Å². The number of ketones is 1. The number of benzene rings is 2. The largest absolute Gasteiger partial charge is 0.493 e. The molecule has 2 aromatic rings. The summed E-state index contributed by atoms with van der Waals surface area (Å²) in [6.45, 7) is 4.48. The van der Waals surface area contributed by atoms with Gasteiger partial charge in [0, 0.05) is 17.7 Å². The number of anilines is 1. The van der Waals surface area contributed by atoms with E-state index in [9.17, 15) is 14.7 Å². The van der Waals surface area contributed by atoms with E-state index in [1.54, 1.807) is 41.3 Å². The fourth-order valence-electron chi connectivity index (χ4n) is 3.57. The van der Waals surface area contributed by atoms with Crippen LogP contribution in [0.25, 0.3) is 0 Å². The lowest BCUT2D eigenvalue weighted by Gasteiger charge is -2.24. The Balaban J connectivity index is 1.95. The van der Waals surface area contributed by atoms with Crippen molar-refractivity contribution in [3.05, 3.63) is 53.6 Å². The van der Waals surface area contributed by atoms with Crippen molar-refractivity contribution in [1.29, 1.82) is 0 Å². The lowest BCUT2D eigenvalue weighted by atomic mass is 9.88. The Morgan fingerprint density at radius 3 is 2.43 bits per heavy atom. The Bertz CT molecular complexity index is 908. The molecule has 0 spiro atoms. The SMILES string of the molecule is COc1ccc(C(=O)C[C@]2(O)C(=O)N(CC(C)C)c3ccccc32)cc1OC. The van der Waals surface area contributed by atoms with Gasteiger partial charge < -0.3 is 19.5 Å². The summed E-state index contributed by atoms with van der Waals surface area (Å²) < 4.78 is 10.4. The first-order valence-corrected chi connectivity index (χ1v) is 9.21. The van der Waals surface area contributed by atoms with E-state index < -0.39 is 11.5 Å². The summed E-state index contributed by atoms with van der Waals surface area (Å²) in [6.07, 6.45) is -0.340. The van der Waals surface area contributed by atoms with Crippen LogP contribution >= 0.6 is 0 Å². The van der Waals surface area contributed by atoms with Crippen molar-refractivity contribution in [2.45, 2.75) is 25.9 Å². The number of amides is 1. The number of fused-ring (bicyclic) bond motifs is 1. The number of ether oxygens (including phenoxy) is 2. The number of methoxy groups -OCH3 is 2. The number of aliphatic hydroxyl groups is 1. The van der Waals surface area contributed by atoms with Crippen molar-refractivity contribution in [3.63, 3.8) is 0 Å². The molecule has 1 heterocycles. The van der Waals surface area contributed by atoms with Crippen molar-refractivity contribution < 1.29 is 24.2 Å². The van der Waals surface area contributed by atoms with Crippen LogP contribution in [0, 0.1) is 5.92 Å². The van der Waals surface area contributed by atoms with Gasteiger partial charge in [-0.15, -0.1) is 0 Å². The van der Waals surface area contributed by atoms with E-state index >= 15 is 0 Å². The molecule has 1 amide bonds. The zero-order valence-electron chi connectivity index (χ0n) is 16.6. The summed E-state index contributed by atoms with van der Waals surface area (Å²) in [6, 6.07) is 11.9. The Labute approximate surface area is 164 Å². The van der Waals surface area contributed by atoms with E-state index in [2.05, 4.69) is 0 Å². The minimum absolute atomic E-state index is 0.223. The normalized spacial score (nSPS) is 18.4. The third-order valence-corrected chi connectivity index (χ3v) is 4.91. The Morgan fingerprint density at radius 2 is 1.79 bits per heavy atom. The maximum absolute atomic E-state index is 13.1. The maximum Gasteiger partial charge on any atom is 0.264 e. The second-order valence-electron chi connectivity index (χ2n) is 7.36. The second kappa shape index (κ2) is 7.64. The van der Waals surface area contributed by atoms with Crippen molar-refractivity contribution in [3.8, 4) is 11.5 Å². The summed E-state index contributed by atoms with van der Waals surface area (Å²) in [7, 11) is 3.00. The van der Waals surface area contributed by atoms with Gasteiger partial charge in [0.15, 0.2) is 22.9 Å². The molecule has 0 saturated heterocycles. The molecule has 0 aromatic heterocycles. The molecule has 1 N–H and O–H groups in total. The van der Waals surface area contributed by atoms with Crippen LogP contribution in [0.2, 0.25) is 0 Å².